The van der Waals surface area contributed by atoms with Crippen molar-refractivity contribution in [1.82, 2.24) is 0 Å². The van der Waals surface area contributed by atoms with Crippen LogP contribution in [0, 0.1) is 0 Å². The summed E-state index contributed by atoms with van der Waals surface area (Å²) in [6.07, 6.45) is 0. The van der Waals surface area contributed by atoms with E-state index in [0.717, 1.165) is 11.3 Å². The Morgan fingerprint density at radius 2 is 2.55 bits per heavy atom. The molecule has 0 saturated carbocycles. The summed E-state index contributed by atoms with van der Waals surface area (Å²) in [5.41, 5.74) is 1.09. The van der Waals surface area contributed by atoms with E-state index in [-0.39, 0.29) is 0 Å². The molecule has 0 amide bonds. The van der Waals surface area contributed by atoms with E-state index in [1.807, 2.05) is 0 Å². The van der Waals surface area contributed by atoms with Crippen molar-refractivity contribution in [1.29, 1.82) is 0 Å². The molecule has 0 aliphatic heterocycles. The summed E-state index contributed by atoms with van der Waals surface area (Å²) >= 11 is 9.13. The van der Waals surface area contributed by atoms with Crippen LogP contribution in [0.3, 0.4) is 0 Å². The first-order valence-electron chi connectivity index (χ1n) is 3.22. The minimum absolute atomic E-state index is 0.568. The van der Waals surface area contributed by atoms with Gasteiger partial charge in [0.1, 0.15) is 0 Å². The van der Waals surface area contributed by atoms with Gasteiger partial charge in [-0.15, -0.1) is 34.7 Å². The third-order valence-corrected chi connectivity index (χ3v) is 3.76. The Balaban J connectivity index is 2.29. The summed E-state index contributed by atoms with van der Waals surface area (Å²) in [5.74, 6) is 1.50. The Morgan fingerprint density at radius 3 is 3.09 bits per heavy atom. The minimum atomic E-state index is 0.568. The summed E-state index contributed by atoms with van der Waals surface area (Å²) in [5, 5.41) is 2.08. The van der Waals surface area contributed by atoms with Crippen LogP contribution in [0.5, 0.6) is 0 Å². The van der Waals surface area contributed by atoms with Crippen LogP contribution < -0.4 is 0 Å². The summed E-state index contributed by atoms with van der Waals surface area (Å²) < 4.78 is 1.33. The van der Waals surface area contributed by atoms with E-state index in [2.05, 4.69) is 24.1 Å². The van der Waals surface area contributed by atoms with Gasteiger partial charge in [0.15, 0.2) is 0 Å². The molecule has 1 aromatic rings. The molecule has 0 radical (unpaired) electrons. The molecule has 0 fully saturated rings. The molecule has 0 spiro atoms. The van der Waals surface area contributed by atoms with Gasteiger partial charge in [-0.25, -0.2) is 0 Å². The van der Waals surface area contributed by atoms with Crippen LogP contribution >= 0.6 is 34.7 Å². The van der Waals surface area contributed by atoms with Gasteiger partial charge in [0, 0.05) is 11.6 Å². The minimum Gasteiger partial charge on any atom is -0.137 e. The molecule has 0 nitrogen and oxygen atoms in total. The largest absolute Gasteiger partial charge is 0.137 e. The maximum Gasteiger partial charge on any atom is 0.0601 e. The van der Waals surface area contributed by atoms with Gasteiger partial charge in [0.2, 0.25) is 0 Å². The second-order valence-corrected chi connectivity index (χ2v) is 4.59. The Labute approximate surface area is 80.3 Å². The zero-order chi connectivity index (χ0) is 8.10. The highest BCUT2D eigenvalue weighted by molar-refractivity contribution is 8.01. The molecular formula is C8H9ClS2. The van der Waals surface area contributed by atoms with E-state index in [1.54, 1.807) is 23.1 Å². The standard InChI is InChI=1S/C8H9ClS2/c1-7(5-9)6-11-8-3-2-4-10-8/h2-4H,1,5-6H2. The molecule has 0 saturated heterocycles. The van der Waals surface area contributed by atoms with E-state index >= 15 is 0 Å². The third kappa shape index (κ3) is 3.32. The van der Waals surface area contributed by atoms with E-state index < -0.39 is 0 Å². The van der Waals surface area contributed by atoms with Crippen molar-refractivity contribution in [3.8, 4) is 0 Å². The number of thiophene rings is 1. The average Bonchev–Trinajstić information content (AvgIpc) is 2.52. The molecule has 1 rings (SSSR count). The SMILES string of the molecule is C=C(CCl)CSc1cccs1. The van der Waals surface area contributed by atoms with Crippen LogP contribution in [0.25, 0.3) is 0 Å². The smallest absolute Gasteiger partial charge is 0.0601 e. The van der Waals surface area contributed by atoms with Crippen LogP contribution in [0.4, 0.5) is 0 Å². The number of thioether (sulfide) groups is 1. The number of halogens is 1. The van der Waals surface area contributed by atoms with Crippen molar-refractivity contribution in [3.05, 3.63) is 29.7 Å². The van der Waals surface area contributed by atoms with Gasteiger partial charge in [-0.3, -0.25) is 0 Å². The van der Waals surface area contributed by atoms with E-state index in [9.17, 15) is 0 Å². The molecule has 0 aliphatic rings. The first-order chi connectivity index (χ1) is 5.33. The van der Waals surface area contributed by atoms with Crippen molar-refractivity contribution in [2.75, 3.05) is 11.6 Å². The molecule has 0 aromatic carbocycles. The number of hydrogen-bond acceptors (Lipinski definition) is 2. The molecule has 3 heteroatoms. The molecular weight excluding hydrogens is 196 g/mol. The van der Waals surface area contributed by atoms with Crippen molar-refractivity contribution in [3.63, 3.8) is 0 Å². The fourth-order valence-corrected chi connectivity index (χ4v) is 2.45. The molecule has 0 atom stereocenters. The van der Waals surface area contributed by atoms with Crippen LogP contribution in [0.15, 0.2) is 33.9 Å². The Kier molecular flexibility index (Phi) is 4.05. The predicted molar refractivity (Wildman–Crippen MR) is 54.9 cm³/mol. The summed E-state index contributed by atoms with van der Waals surface area (Å²) in [6, 6.07) is 4.16. The fraction of sp³-hybridized carbons (Fsp3) is 0.250. The number of hydrogen-bond donors (Lipinski definition) is 0. The predicted octanol–water partition coefficient (Wildman–Crippen LogP) is 3.64. The molecule has 0 unspecified atom stereocenters. The lowest BCUT2D eigenvalue weighted by Gasteiger charge is -1.97. The highest BCUT2D eigenvalue weighted by atomic mass is 35.5. The average molecular weight is 205 g/mol. The van der Waals surface area contributed by atoms with Crippen LogP contribution in [0.2, 0.25) is 0 Å². The van der Waals surface area contributed by atoms with E-state index in [0.29, 0.717) is 5.88 Å². The zero-order valence-corrected chi connectivity index (χ0v) is 8.44. The highest BCUT2D eigenvalue weighted by Crippen LogP contribution is 2.24. The lowest BCUT2D eigenvalue weighted by atomic mass is 10.4. The van der Waals surface area contributed by atoms with Gasteiger partial charge in [-0.05, 0) is 11.4 Å². The Morgan fingerprint density at radius 1 is 1.73 bits per heavy atom. The maximum atomic E-state index is 5.58. The zero-order valence-electron chi connectivity index (χ0n) is 6.05. The number of alkyl halides is 1. The molecule has 1 aromatic heterocycles. The second-order valence-electron chi connectivity index (χ2n) is 2.10. The van der Waals surface area contributed by atoms with Crippen LogP contribution in [-0.2, 0) is 0 Å². The van der Waals surface area contributed by atoms with Gasteiger partial charge in [0.05, 0.1) is 4.21 Å². The lowest BCUT2D eigenvalue weighted by molar-refractivity contribution is 1.44. The van der Waals surface area contributed by atoms with Crippen molar-refractivity contribution in [2.24, 2.45) is 0 Å². The van der Waals surface area contributed by atoms with Crippen molar-refractivity contribution < 1.29 is 0 Å². The quantitative estimate of drug-likeness (QED) is 0.410. The van der Waals surface area contributed by atoms with Gasteiger partial charge in [-0.1, -0.05) is 18.2 Å². The first kappa shape index (κ1) is 9.17. The van der Waals surface area contributed by atoms with Gasteiger partial charge >= 0.3 is 0 Å². The van der Waals surface area contributed by atoms with Gasteiger partial charge < -0.3 is 0 Å². The first-order valence-corrected chi connectivity index (χ1v) is 5.62. The molecule has 60 valence electrons. The Bertz CT molecular complexity index is 216. The normalized spacial score (nSPS) is 9.91. The van der Waals surface area contributed by atoms with Gasteiger partial charge in [-0.2, -0.15) is 0 Å². The van der Waals surface area contributed by atoms with Crippen LogP contribution in [-0.4, -0.2) is 11.6 Å². The molecule has 0 bridgehead atoms. The highest BCUT2D eigenvalue weighted by Gasteiger charge is 1.95. The summed E-state index contributed by atoms with van der Waals surface area (Å²) in [4.78, 5) is 0. The third-order valence-electron chi connectivity index (χ3n) is 1.10. The molecule has 0 N–H and O–H groups in total. The van der Waals surface area contributed by atoms with Gasteiger partial charge in [0.25, 0.3) is 0 Å². The lowest BCUT2D eigenvalue weighted by Crippen LogP contribution is -1.84. The molecule has 11 heavy (non-hydrogen) atoms. The second kappa shape index (κ2) is 4.86. The summed E-state index contributed by atoms with van der Waals surface area (Å²) in [6.45, 7) is 3.82. The van der Waals surface area contributed by atoms with E-state index in [1.165, 1.54) is 4.21 Å². The Hall–Kier alpha value is 0.0800. The monoisotopic (exact) mass is 204 g/mol. The van der Waals surface area contributed by atoms with Crippen molar-refractivity contribution >= 4 is 34.7 Å². The molecule has 0 aliphatic carbocycles. The topological polar surface area (TPSA) is 0 Å². The van der Waals surface area contributed by atoms with Crippen molar-refractivity contribution in [2.45, 2.75) is 4.21 Å². The fourth-order valence-electron chi connectivity index (χ4n) is 0.557. The molecule has 1 heterocycles. The maximum absolute atomic E-state index is 5.58. The van der Waals surface area contributed by atoms with Crippen LogP contribution in [0.1, 0.15) is 0 Å². The summed E-state index contributed by atoms with van der Waals surface area (Å²) in [7, 11) is 0. The van der Waals surface area contributed by atoms with E-state index in [4.69, 9.17) is 11.6 Å². The number of rotatable bonds is 4.